The minimum atomic E-state index is -3.68. The van der Waals surface area contributed by atoms with E-state index >= 15 is 0 Å². The van der Waals surface area contributed by atoms with Crippen molar-refractivity contribution in [1.29, 1.82) is 0 Å². The van der Waals surface area contributed by atoms with Crippen LogP contribution in [0, 0.1) is 6.92 Å². The molecule has 1 saturated heterocycles. The van der Waals surface area contributed by atoms with E-state index in [4.69, 9.17) is 10.5 Å². The molecule has 0 saturated carbocycles. The predicted octanol–water partition coefficient (Wildman–Crippen LogP) is 0.739. The molecule has 0 unspecified atom stereocenters. The number of aliphatic hydroxyl groups is 1. The number of nitrogens with zero attached hydrogens (tertiary/aromatic N) is 1. The van der Waals surface area contributed by atoms with Crippen molar-refractivity contribution in [2.45, 2.75) is 30.3 Å². The largest absolute Gasteiger partial charge is 0.399 e. The number of hydrogen-bond acceptors (Lipinski definition) is 5. The van der Waals surface area contributed by atoms with Gasteiger partial charge in [-0.05, 0) is 24.6 Å². The van der Waals surface area contributed by atoms with Gasteiger partial charge in [-0.2, -0.15) is 4.31 Å². The number of aryl methyl sites for hydroxylation is 1. The molecule has 2 rings (SSSR count). The van der Waals surface area contributed by atoms with E-state index in [1.165, 1.54) is 17.4 Å². The Hall–Kier alpha value is -1.15. The second kappa shape index (κ2) is 5.92. The number of nitrogens with two attached hydrogens (primary N) is 1. The molecule has 0 aromatic heterocycles. The maximum atomic E-state index is 12.6. The van der Waals surface area contributed by atoms with Crippen molar-refractivity contribution in [3.63, 3.8) is 0 Å². The van der Waals surface area contributed by atoms with Crippen molar-refractivity contribution in [3.8, 4) is 0 Å². The standard InChI is InChI=1S/C14H22N2O4S/c1-11-3-4-12(15)9-13(11)21(18,19)16(2)10-14(17)5-7-20-8-6-14/h3-4,9,17H,5-8,10,15H2,1-2H3. The maximum Gasteiger partial charge on any atom is 0.243 e. The van der Waals surface area contributed by atoms with Crippen molar-refractivity contribution >= 4 is 15.7 Å². The van der Waals surface area contributed by atoms with Crippen LogP contribution < -0.4 is 5.73 Å². The molecule has 1 heterocycles. The van der Waals surface area contributed by atoms with Crippen LogP contribution in [0.1, 0.15) is 18.4 Å². The first-order valence-corrected chi connectivity index (χ1v) is 8.31. The van der Waals surface area contributed by atoms with Gasteiger partial charge in [0.05, 0.1) is 10.5 Å². The molecule has 1 fully saturated rings. The van der Waals surface area contributed by atoms with E-state index in [1.54, 1.807) is 19.1 Å². The van der Waals surface area contributed by atoms with Crippen LogP contribution in [0.25, 0.3) is 0 Å². The van der Waals surface area contributed by atoms with E-state index in [0.717, 1.165) is 0 Å². The lowest BCUT2D eigenvalue weighted by Crippen LogP contribution is -2.47. The summed E-state index contributed by atoms with van der Waals surface area (Å²) in [5.41, 5.74) is 5.69. The maximum absolute atomic E-state index is 12.6. The van der Waals surface area contributed by atoms with Gasteiger partial charge in [0.2, 0.25) is 10.0 Å². The van der Waals surface area contributed by atoms with E-state index in [9.17, 15) is 13.5 Å². The molecule has 1 aromatic rings. The summed E-state index contributed by atoms with van der Waals surface area (Å²) in [5, 5.41) is 10.5. The minimum Gasteiger partial charge on any atom is -0.399 e. The van der Waals surface area contributed by atoms with Gasteiger partial charge in [0.25, 0.3) is 0 Å². The molecule has 0 bridgehead atoms. The van der Waals surface area contributed by atoms with Gasteiger partial charge in [-0.1, -0.05) is 6.07 Å². The molecule has 0 atom stereocenters. The van der Waals surface area contributed by atoms with Crippen LogP contribution in [0.15, 0.2) is 23.1 Å². The molecular weight excluding hydrogens is 292 g/mol. The van der Waals surface area contributed by atoms with E-state index in [1.807, 2.05) is 0 Å². The molecule has 3 N–H and O–H groups in total. The molecule has 1 aromatic carbocycles. The molecule has 6 nitrogen and oxygen atoms in total. The summed E-state index contributed by atoms with van der Waals surface area (Å²) >= 11 is 0. The fourth-order valence-electron chi connectivity index (χ4n) is 2.47. The number of sulfonamides is 1. The number of hydrogen-bond donors (Lipinski definition) is 2. The minimum absolute atomic E-state index is 0.0485. The highest BCUT2D eigenvalue weighted by Gasteiger charge is 2.35. The SMILES string of the molecule is Cc1ccc(N)cc1S(=O)(=O)N(C)CC1(O)CCOCC1. The molecule has 7 heteroatoms. The normalized spacial score (nSPS) is 18.9. The molecule has 1 aliphatic rings. The van der Waals surface area contributed by atoms with Crippen LogP contribution in [0.4, 0.5) is 5.69 Å². The Balaban J connectivity index is 2.24. The summed E-state index contributed by atoms with van der Waals surface area (Å²) < 4.78 is 31.7. The monoisotopic (exact) mass is 314 g/mol. The van der Waals surface area contributed by atoms with Crippen molar-refractivity contribution in [3.05, 3.63) is 23.8 Å². The van der Waals surface area contributed by atoms with Gasteiger partial charge in [-0.15, -0.1) is 0 Å². The van der Waals surface area contributed by atoms with Gasteiger partial charge in [-0.25, -0.2) is 8.42 Å². The van der Waals surface area contributed by atoms with Crippen molar-refractivity contribution in [2.24, 2.45) is 0 Å². The van der Waals surface area contributed by atoms with Crippen molar-refractivity contribution < 1.29 is 18.3 Å². The van der Waals surface area contributed by atoms with Crippen LogP contribution in [-0.2, 0) is 14.8 Å². The van der Waals surface area contributed by atoms with Crippen LogP contribution in [-0.4, -0.2) is 50.2 Å². The highest BCUT2D eigenvalue weighted by molar-refractivity contribution is 7.89. The third-order valence-electron chi connectivity index (χ3n) is 3.84. The molecule has 0 spiro atoms. The number of nitrogen functional groups attached to an aromatic ring is 1. The zero-order valence-corrected chi connectivity index (χ0v) is 13.2. The van der Waals surface area contributed by atoms with Crippen LogP contribution in [0.5, 0.6) is 0 Å². The summed E-state index contributed by atoms with van der Waals surface area (Å²) in [6.45, 7) is 2.67. The number of anilines is 1. The Morgan fingerprint density at radius 1 is 1.38 bits per heavy atom. The van der Waals surface area contributed by atoms with Gasteiger partial charge in [-0.3, -0.25) is 0 Å². The Morgan fingerprint density at radius 3 is 2.62 bits per heavy atom. The third kappa shape index (κ3) is 3.55. The van der Waals surface area contributed by atoms with E-state index in [0.29, 0.717) is 37.3 Å². The summed E-state index contributed by atoms with van der Waals surface area (Å²) in [5.74, 6) is 0. The van der Waals surface area contributed by atoms with E-state index in [-0.39, 0.29) is 11.4 Å². The second-order valence-electron chi connectivity index (χ2n) is 5.62. The molecule has 21 heavy (non-hydrogen) atoms. The number of likely N-dealkylation sites (N-methyl/N-ethyl adjacent to an activating group) is 1. The number of rotatable bonds is 4. The van der Waals surface area contributed by atoms with Crippen molar-refractivity contribution in [1.82, 2.24) is 4.31 Å². The van der Waals surface area contributed by atoms with Crippen molar-refractivity contribution in [2.75, 3.05) is 32.5 Å². The number of ether oxygens (including phenoxy) is 1. The fraction of sp³-hybridized carbons (Fsp3) is 0.571. The summed E-state index contributed by atoms with van der Waals surface area (Å²) in [4.78, 5) is 0.181. The lowest BCUT2D eigenvalue weighted by Gasteiger charge is -2.35. The molecular formula is C14H22N2O4S. The lowest BCUT2D eigenvalue weighted by atomic mass is 9.95. The first-order chi connectivity index (χ1) is 9.74. The molecule has 0 amide bonds. The Bertz CT molecular complexity index is 609. The quantitative estimate of drug-likeness (QED) is 0.800. The van der Waals surface area contributed by atoms with Gasteiger partial charge in [0.1, 0.15) is 0 Å². The van der Waals surface area contributed by atoms with Gasteiger partial charge in [0.15, 0.2) is 0 Å². The highest BCUT2D eigenvalue weighted by Crippen LogP contribution is 2.26. The van der Waals surface area contributed by atoms with Gasteiger partial charge in [0, 0.05) is 45.3 Å². The Labute approximate surface area is 125 Å². The topological polar surface area (TPSA) is 92.9 Å². The molecule has 118 valence electrons. The highest BCUT2D eigenvalue weighted by atomic mass is 32.2. The van der Waals surface area contributed by atoms with Crippen LogP contribution in [0.3, 0.4) is 0 Å². The van der Waals surface area contributed by atoms with Gasteiger partial charge < -0.3 is 15.6 Å². The van der Waals surface area contributed by atoms with Crippen LogP contribution >= 0.6 is 0 Å². The lowest BCUT2D eigenvalue weighted by molar-refractivity contribution is -0.0689. The molecule has 1 aliphatic heterocycles. The van der Waals surface area contributed by atoms with E-state index < -0.39 is 15.6 Å². The summed E-state index contributed by atoms with van der Waals surface area (Å²) in [6, 6.07) is 4.80. The Morgan fingerprint density at radius 2 is 2.00 bits per heavy atom. The average molecular weight is 314 g/mol. The average Bonchev–Trinajstić information content (AvgIpc) is 2.41. The third-order valence-corrected chi connectivity index (χ3v) is 5.79. The number of benzene rings is 1. The summed E-state index contributed by atoms with van der Waals surface area (Å²) in [6.07, 6.45) is 0.867. The predicted molar refractivity (Wildman–Crippen MR) is 80.4 cm³/mol. The van der Waals surface area contributed by atoms with Gasteiger partial charge >= 0.3 is 0 Å². The summed E-state index contributed by atoms with van der Waals surface area (Å²) in [7, 11) is -2.20. The first kappa shape index (κ1) is 16.2. The zero-order valence-electron chi connectivity index (χ0n) is 12.4. The fourth-order valence-corrected chi connectivity index (χ4v) is 3.98. The zero-order chi connectivity index (χ0) is 15.7. The smallest absolute Gasteiger partial charge is 0.243 e. The first-order valence-electron chi connectivity index (χ1n) is 6.87. The van der Waals surface area contributed by atoms with Crippen LogP contribution in [0.2, 0.25) is 0 Å². The molecule has 0 radical (unpaired) electrons. The van der Waals surface area contributed by atoms with E-state index in [2.05, 4.69) is 0 Å². The Kier molecular flexibility index (Phi) is 4.57. The second-order valence-corrected chi connectivity index (χ2v) is 7.64. The molecule has 0 aliphatic carbocycles.